The molecule has 4 rings (SSSR count). The number of thiophene rings is 1. The first-order valence-corrected chi connectivity index (χ1v) is 11.3. The predicted molar refractivity (Wildman–Crippen MR) is 117 cm³/mol. The lowest BCUT2D eigenvalue weighted by Gasteiger charge is -2.08. The van der Waals surface area contributed by atoms with Gasteiger partial charge in [-0.25, -0.2) is 27.5 Å². The minimum absolute atomic E-state index is 0.00710. The van der Waals surface area contributed by atoms with E-state index < -0.39 is 10.0 Å². The van der Waals surface area contributed by atoms with Crippen LogP contribution in [0, 0.1) is 5.82 Å². The van der Waals surface area contributed by atoms with Gasteiger partial charge in [-0.15, -0.1) is 11.3 Å². The van der Waals surface area contributed by atoms with Gasteiger partial charge < -0.3 is 5.32 Å². The molecule has 0 saturated heterocycles. The van der Waals surface area contributed by atoms with Crippen LogP contribution in [0.2, 0.25) is 0 Å². The van der Waals surface area contributed by atoms with Crippen molar-refractivity contribution in [2.45, 2.75) is 4.90 Å². The zero-order valence-corrected chi connectivity index (χ0v) is 17.5. The molecular formula is C21H15FN4O3S2. The lowest BCUT2D eigenvalue weighted by Crippen LogP contribution is -2.15. The van der Waals surface area contributed by atoms with E-state index in [2.05, 4.69) is 20.0 Å². The Kier molecular flexibility index (Phi) is 5.74. The summed E-state index contributed by atoms with van der Waals surface area (Å²) < 4.78 is 40.2. The Hall–Kier alpha value is -3.63. The van der Waals surface area contributed by atoms with E-state index in [0.29, 0.717) is 10.6 Å². The molecular weight excluding hydrogens is 439 g/mol. The lowest BCUT2D eigenvalue weighted by atomic mass is 10.2. The monoisotopic (exact) mass is 454 g/mol. The van der Waals surface area contributed by atoms with Crippen LogP contribution in [0.25, 0.3) is 10.4 Å². The number of amides is 1. The summed E-state index contributed by atoms with van der Waals surface area (Å²) in [5.74, 6) is -0.686. The van der Waals surface area contributed by atoms with Gasteiger partial charge in [-0.2, -0.15) is 0 Å². The van der Waals surface area contributed by atoms with Crippen molar-refractivity contribution in [1.29, 1.82) is 0 Å². The first-order chi connectivity index (χ1) is 14.9. The SMILES string of the molecule is O=C(Nc1ccc(S(=O)(=O)Nc2ncccn2)cc1)c1ccc(-c2ccc(F)cc2)s1. The summed E-state index contributed by atoms with van der Waals surface area (Å²) >= 11 is 1.27. The third-order valence-corrected chi connectivity index (χ3v) is 6.65. The fourth-order valence-electron chi connectivity index (χ4n) is 2.67. The van der Waals surface area contributed by atoms with E-state index in [1.807, 2.05) is 0 Å². The quantitative estimate of drug-likeness (QED) is 0.450. The molecule has 0 radical (unpaired) electrons. The van der Waals surface area contributed by atoms with Crippen LogP contribution < -0.4 is 10.0 Å². The summed E-state index contributed by atoms with van der Waals surface area (Å²) in [5.41, 5.74) is 1.26. The molecule has 0 fully saturated rings. The molecule has 0 atom stereocenters. The molecule has 0 saturated carbocycles. The topological polar surface area (TPSA) is 101 Å². The first kappa shape index (κ1) is 20.6. The van der Waals surface area contributed by atoms with Gasteiger partial charge in [-0.1, -0.05) is 12.1 Å². The van der Waals surface area contributed by atoms with Crippen molar-refractivity contribution >= 4 is 38.9 Å². The Balaban J connectivity index is 1.44. The number of carbonyl (C=O) groups is 1. The Bertz CT molecular complexity index is 1310. The highest BCUT2D eigenvalue weighted by molar-refractivity contribution is 7.92. The second-order valence-electron chi connectivity index (χ2n) is 6.33. The Labute approximate surface area is 181 Å². The maximum atomic E-state index is 13.1. The summed E-state index contributed by atoms with van der Waals surface area (Å²) in [5, 5.41) is 2.73. The van der Waals surface area contributed by atoms with Crippen molar-refractivity contribution in [2.24, 2.45) is 0 Å². The summed E-state index contributed by atoms with van der Waals surface area (Å²) in [6.07, 6.45) is 2.85. The van der Waals surface area contributed by atoms with Crippen LogP contribution in [-0.2, 0) is 10.0 Å². The molecule has 156 valence electrons. The van der Waals surface area contributed by atoms with Gasteiger partial charge in [0.1, 0.15) is 5.82 Å². The van der Waals surface area contributed by atoms with Crippen LogP contribution in [0.5, 0.6) is 0 Å². The largest absolute Gasteiger partial charge is 0.321 e. The molecule has 2 heterocycles. The highest BCUT2D eigenvalue weighted by Gasteiger charge is 2.16. The van der Waals surface area contributed by atoms with Gasteiger partial charge in [0.2, 0.25) is 5.95 Å². The van der Waals surface area contributed by atoms with Gasteiger partial charge in [0.25, 0.3) is 15.9 Å². The summed E-state index contributed by atoms with van der Waals surface area (Å²) in [6, 6.07) is 16.8. The van der Waals surface area contributed by atoms with Crippen molar-refractivity contribution in [3.8, 4) is 10.4 Å². The molecule has 0 spiro atoms. The number of anilines is 2. The van der Waals surface area contributed by atoms with Crippen LogP contribution in [0.15, 0.2) is 84.0 Å². The minimum atomic E-state index is -3.85. The van der Waals surface area contributed by atoms with Crippen LogP contribution in [-0.4, -0.2) is 24.3 Å². The van der Waals surface area contributed by atoms with Gasteiger partial charge in [-0.3, -0.25) is 4.79 Å². The van der Waals surface area contributed by atoms with Gasteiger partial charge >= 0.3 is 0 Å². The standard InChI is InChI=1S/C21H15FN4O3S2/c22-15-4-2-14(3-5-15)18-10-11-19(30-18)20(27)25-16-6-8-17(9-7-16)31(28,29)26-21-23-12-1-13-24-21/h1-13H,(H,25,27)(H,23,24,26). The van der Waals surface area contributed by atoms with E-state index in [9.17, 15) is 17.6 Å². The van der Waals surface area contributed by atoms with E-state index in [1.165, 1.54) is 60.1 Å². The molecule has 2 aromatic heterocycles. The number of rotatable bonds is 6. The highest BCUT2D eigenvalue weighted by Crippen LogP contribution is 2.29. The number of aromatic nitrogens is 2. The zero-order chi connectivity index (χ0) is 21.8. The number of nitrogens with zero attached hydrogens (tertiary/aromatic N) is 2. The van der Waals surface area contributed by atoms with Gasteiger partial charge in [0.05, 0.1) is 9.77 Å². The Morgan fingerprint density at radius 1 is 0.903 bits per heavy atom. The second kappa shape index (κ2) is 8.62. The maximum absolute atomic E-state index is 13.1. The predicted octanol–water partition coefficient (Wildman–Crippen LogP) is 4.40. The number of hydrogen-bond acceptors (Lipinski definition) is 6. The second-order valence-corrected chi connectivity index (χ2v) is 9.09. The molecule has 0 unspecified atom stereocenters. The highest BCUT2D eigenvalue weighted by atomic mass is 32.2. The maximum Gasteiger partial charge on any atom is 0.265 e. The third kappa shape index (κ3) is 4.93. The lowest BCUT2D eigenvalue weighted by molar-refractivity contribution is 0.103. The van der Waals surface area contributed by atoms with E-state index in [0.717, 1.165) is 10.4 Å². The van der Waals surface area contributed by atoms with Crippen LogP contribution in [0.3, 0.4) is 0 Å². The van der Waals surface area contributed by atoms with Gasteiger partial charge in [0, 0.05) is 23.0 Å². The third-order valence-electron chi connectivity index (χ3n) is 4.17. The average molecular weight is 455 g/mol. The van der Waals surface area contributed by atoms with E-state index in [-0.39, 0.29) is 22.6 Å². The molecule has 1 amide bonds. The number of sulfonamides is 1. The van der Waals surface area contributed by atoms with Crippen LogP contribution in [0.1, 0.15) is 9.67 Å². The van der Waals surface area contributed by atoms with Crippen molar-refractivity contribution in [1.82, 2.24) is 9.97 Å². The summed E-state index contributed by atoms with van der Waals surface area (Å²) in [7, 11) is -3.85. The molecule has 10 heteroatoms. The average Bonchev–Trinajstić information content (AvgIpc) is 3.25. The van der Waals surface area contributed by atoms with Crippen LogP contribution >= 0.6 is 11.3 Å². The smallest absolute Gasteiger partial charge is 0.265 e. The molecule has 4 aromatic rings. The number of benzene rings is 2. The Morgan fingerprint density at radius 2 is 1.58 bits per heavy atom. The number of halogens is 1. The molecule has 0 aliphatic carbocycles. The number of carbonyl (C=O) groups excluding carboxylic acids is 1. The fraction of sp³-hybridized carbons (Fsp3) is 0. The Morgan fingerprint density at radius 3 is 2.26 bits per heavy atom. The normalized spacial score (nSPS) is 11.1. The number of nitrogens with one attached hydrogen (secondary N) is 2. The summed E-state index contributed by atoms with van der Waals surface area (Å²) in [6.45, 7) is 0. The molecule has 31 heavy (non-hydrogen) atoms. The van der Waals surface area contributed by atoms with Crippen molar-refractivity contribution in [3.63, 3.8) is 0 Å². The summed E-state index contributed by atoms with van der Waals surface area (Å²) in [4.78, 5) is 21.5. The zero-order valence-electron chi connectivity index (χ0n) is 15.8. The molecule has 0 aliphatic heterocycles. The fourth-order valence-corrected chi connectivity index (χ4v) is 4.53. The van der Waals surface area contributed by atoms with Gasteiger partial charge in [0.15, 0.2) is 0 Å². The van der Waals surface area contributed by atoms with E-state index >= 15 is 0 Å². The molecule has 7 nitrogen and oxygen atoms in total. The molecule has 0 aliphatic rings. The molecule has 0 bridgehead atoms. The van der Waals surface area contributed by atoms with Gasteiger partial charge in [-0.05, 0) is 60.2 Å². The van der Waals surface area contributed by atoms with Crippen molar-refractivity contribution < 1.29 is 17.6 Å². The van der Waals surface area contributed by atoms with Crippen LogP contribution in [0.4, 0.5) is 16.0 Å². The van der Waals surface area contributed by atoms with E-state index in [1.54, 1.807) is 30.3 Å². The first-order valence-electron chi connectivity index (χ1n) is 8.98. The molecule has 2 N–H and O–H groups in total. The molecule has 2 aromatic carbocycles. The van der Waals surface area contributed by atoms with Crippen molar-refractivity contribution in [3.05, 3.63) is 89.8 Å². The van der Waals surface area contributed by atoms with Crippen molar-refractivity contribution in [2.75, 3.05) is 10.0 Å². The van der Waals surface area contributed by atoms with E-state index in [4.69, 9.17) is 0 Å². The number of hydrogen-bond donors (Lipinski definition) is 2. The minimum Gasteiger partial charge on any atom is -0.321 e.